The number of rotatable bonds is 7. The molecule has 0 unspecified atom stereocenters. The van der Waals surface area contributed by atoms with E-state index in [4.69, 9.17) is 21.1 Å². The fraction of sp³-hybridized carbons (Fsp3) is 0.250. The summed E-state index contributed by atoms with van der Waals surface area (Å²) in [5, 5.41) is 3.17. The molecule has 0 aliphatic rings. The van der Waals surface area contributed by atoms with Crippen LogP contribution in [0.25, 0.3) is 0 Å². The molecule has 0 radical (unpaired) electrons. The van der Waals surface area contributed by atoms with Gasteiger partial charge in [0.05, 0.1) is 5.02 Å². The Balaban J connectivity index is 1.83. The van der Waals surface area contributed by atoms with Crippen molar-refractivity contribution >= 4 is 11.6 Å². The summed E-state index contributed by atoms with van der Waals surface area (Å²) in [4.78, 5) is 0. The Morgan fingerprint density at radius 1 is 1.10 bits per heavy atom. The molecular formula is C16H17ClFNO2. The number of benzene rings is 2. The first-order valence-electron chi connectivity index (χ1n) is 6.64. The fourth-order valence-electron chi connectivity index (χ4n) is 1.86. The first-order chi connectivity index (χ1) is 10.2. The molecule has 21 heavy (non-hydrogen) atoms. The second-order valence-electron chi connectivity index (χ2n) is 4.41. The Morgan fingerprint density at radius 2 is 1.86 bits per heavy atom. The second kappa shape index (κ2) is 7.86. The van der Waals surface area contributed by atoms with E-state index in [1.165, 1.54) is 12.1 Å². The summed E-state index contributed by atoms with van der Waals surface area (Å²) in [6.07, 6.45) is 0. The summed E-state index contributed by atoms with van der Waals surface area (Å²) in [5.41, 5.74) is 1.08. The van der Waals surface area contributed by atoms with Crippen molar-refractivity contribution in [2.24, 2.45) is 0 Å². The minimum atomic E-state index is -0.491. The number of hydrogen-bond donors (Lipinski definition) is 1. The van der Waals surface area contributed by atoms with Crippen molar-refractivity contribution in [1.29, 1.82) is 0 Å². The highest BCUT2D eigenvalue weighted by Gasteiger charge is 2.03. The van der Waals surface area contributed by atoms with E-state index in [1.54, 1.807) is 6.07 Å². The molecule has 0 atom stereocenters. The van der Waals surface area contributed by atoms with Crippen molar-refractivity contribution in [3.63, 3.8) is 0 Å². The number of para-hydroxylation sites is 1. The maximum atomic E-state index is 13.2. The molecule has 3 nitrogen and oxygen atoms in total. The lowest BCUT2D eigenvalue weighted by Crippen LogP contribution is -2.12. The Morgan fingerprint density at radius 3 is 2.62 bits per heavy atom. The number of hydrogen-bond acceptors (Lipinski definition) is 3. The van der Waals surface area contributed by atoms with Crippen molar-refractivity contribution < 1.29 is 13.9 Å². The first-order valence-corrected chi connectivity index (χ1v) is 7.01. The smallest absolute Gasteiger partial charge is 0.145 e. The van der Waals surface area contributed by atoms with E-state index in [0.717, 1.165) is 17.9 Å². The quantitative estimate of drug-likeness (QED) is 0.792. The van der Waals surface area contributed by atoms with Crippen LogP contribution in [0.3, 0.4) is 0 Å². The van der Waals surface area contributed by atoms with Crippen LogP contribution in [0.5, 0.6) is 11.5 Å². The molecule has 2 rings (SSSR count). The molecule has 2 aromatic rings. The molecule has 0 amide bonds. The van der Waals surface area contributed by atoms with Crippen LogP contribution in [0, 0.1) is 5.82 Å². The average molecular weight is 310 g/mol. The van der Waals surface area contributed by atoms with Crippen LogP contribution in [0.4, 0.5) is 4.39 Å². The topological polar surface area (TPSA) is 30.5 Å². The summed E-state index contributed by atoms with van der Waals surface area (Å²) >= 11 is 5.61. The van der Waals surface area contributed by atoms with Crippen LogP contribution in [0.2, 0.25) is 5.02 Å². The molecule has 0 aliphatic heterocycles. The zero-order valence-corrected chi connectivity index (χ0v) is 12.5. The van der Waals surface area contributed by atoms with Gasteiger partial charge in [-0.25, -0.2) is 4.39 Å². The summed E-state index contributed by atoms with van der Waals surface area (Å²) in [5.74, 6) is 0.760. The predicted molar refractivity (Wildman–Crippen MR) is 81.6 cm³/mol. The Hall–Kier alpha value is -1.78. The average Bonchev–Trinajstić information content (AvgIpc) is 2.49. The van der Waals surface area contributed by atoms with Crippen LogP contribution in [-0.4, -0.2) is 20.3 Å². The minimum absolute atomic E-state index is 0.0830. The number of ether oxygens (including phenoxy) is 2. The van der Waals surface area contributed by atoms with E-state index in [1.807, 2.05) is 31.3 Å². The van der Waals surface area contributed by atoms with Gasteiger partial charge < -0.3 is 14.8 Å². The number of halogens is 2. The molecule has 112 valence electrons. The predicted octanol–water partition coefficient (Wildman–Crippen LogP) is 3.66. The highest BCUT2D eigenvalue weighted by atomic mass is 35.5. The van der Waals surface area contributed by atoms with Crippen molar-refractivity contribution in [3.8, 4) is 11.5 Å². The van der Waals surface area contributed by atoms with Gasteiger partial charge in [0.1, 0.15) is 30.5 Å². The molecule has 2 aromatic carbocycles. The van der Waals surface area contributed by atoms with Gasteiger partial charge >= 0.3 is 0 Å². The SMILES string of the molecule is CNCc1ccccc1OCCOc1ccc(Cl)c(F)c1. The van der Waals surface area contributed by atoms with E-state index in [0.29, 0.717) is 19.0 Å². The van der Waals surface area contributed by atoms with E-state index in [2.05, 4.69) is 5.32 Å². The van der Waals surface area contributed by atoms with Gasteiger partial charge in [0.25, 0.3) is 0 Å². The molecule has 0 saturated heterocycles. The molecule has 0 heterocycles. The summed E-state index contributed by atoms with van der Waals surface area (Å²) in [7, 11) is 1.88. The van der Waals surface area contributed by atoms with Crippen LogP contribution in [0.1, 0.15) is 5.56 Å². The van der Waals surface area contributed by atoms with Crippen molar-refractivity contribution in [3.05, 3.63) is 58.9 Å². The summed E-state index contributed by atoms with van der Waals surface area (Å²) in [6, 6.07) is 12.2. The molecule has 0 aliphatic carbocycles. The van der Waals surface area contributed by atoms with Gasteiger partial charge in [-0.2, -0.15) is 0 Å². The summed E-state index contributed by atoms with van der Waals surface area (Å²) < 4.78 is 24.3. The van der Waals surface area contributed by atoms with Gasteiger partial charge in [-0.05, 0) is 25.2 Å². The van der Waals surface area contributed by atoms with Gasteiger partial charge in [0, 0.05) is 18.2 Å². The molecule has 5 heteroatoms. The molecular weight excluding hydrogens is 293 g/mol. The highest BCUT2D eigenvalue weighted by molar-refractivity contribution is 6.30. The van der Waals surface area contributed by atoms with Crippen molar-refractivity contribution in [1.82, 2.24) is 5.32 Å². The molecule has 1 N–H and O–H groups in total. The van der Waals surface area contributed by atoms with E-state index >= 15 is 0 Å². The third-order valence-electron chi connectivity index (χ3n) is 2.84. The highest BCUT2D eigenvalue weighted by Crippen LogP contribution is 2.21. The van der Waals surface area contributed by atoms with Crippen molar-refractivity contribution in [2.75, 3.05) is 20.3 Å². The zero-order chi connectivity index (χ0) is 15.1. The second-order valence-corrected chi connectivity index (χ2v) is 4.82. The van der Waals surface area contributed by atoms with E-state index < -0.39 is 5.82 Å². The van der Waals surface area contributed by atoms with Crippen LogP contribution in [0.15, 0.2) is 42.5 Å². The largest absolute Gasteiger partial charge is 0.490 e. The van der Waals surface area contributed by atoms with Crippen LogP contribution < -0.4 is 14.8 Å². The minimum Gasteiger partial charge on any atom is -0.490 e. The molecule has 0 aromatic heterocycles. The van der Waals surface area contributed by atoms with Crippen molar-refractivity contribution in [2.45, 2.75) is 6.54 Å². The standard InChI is InChI=1S/C16H17ClFNO2/c1-19-11-12-4-2-3-5-16(12)21-9-8-20-13-6-7-14(17)15(18)10-13/h2-7,10,19H,8-9,11H2,1H3. The van der Waals surface area contributed by atoms with Gasteiger partial charge in [0.15, 0.2) is 0 Å². The molecule has 0 saturated carbocycles. The van der Waals surface area contributed by atoms with E-state index in [-0.39, 0.29) is 5.02 Å². The first kappa shape index (κ1) is 15.6. The van der Waals surface area contributed by atoms with E-state index in [9.17, 15) is 4.39 Å². The number of nitrogens with one attached hydrogen (secondary N) is 1. The van der Waals surface area contributed by atoms with Gasteiger partial charge in [-0.3, -0.25) is 0 Å². The lowest BCUT2D eigenvalue weighted by molar-refractivity contribution is 0.215. The maximum absolute atomic E-state index is 13.2. The van der Waals surface area contributed by atoms with Gasteiger partial charge in [0.2, 0.25) is 0 Å². The third kappa shape index (κ3) is 4.62. The fourth-order valence-corrected chi connectivity index (χ4v) is 1.98. The normalized spacial score (nSPS) is 10.4. The van der Waals surface area contributed by atoms with Crippen LogP contribution in [-0.2, 0) is 6.54 Å². The molecule has 0 bridgehead atoms. The molecule has 0 spiro atoms. The summed E-state index contributed by atoms with van der Waals surface area (Å²) in [6.45, 7) is 1.44. The maximum Gasteiger partial charge on any atom is 0.145 e. The Labute approximate surface area is 128 Å². The van der Waals surface area contributed by atoms with Crippen LogP contribution >= 0.6 is 11.6 Å². The van der Waals surface area contributed by atoms with Gasteiger partial charge in [-0.1, -0.05) is 29.8 Å². The zero-order valence-electron chi connectivity index (χ0n) is 11.7. The lowest BCUT2D eigenvalue weighted by Gasteiger charge is -2.12. The van der Waals surface area contributed by atoms with Gasteiger partial charge in [-0.15, -0.1) is 0 Å². The Kier molecular flexibility index (Phi) is 5.84. The lowest BCUT2D eigenvalue weighted by atomic mass is 10.2. The third-order valence-corrected chi connectivity index (χ3v) is 3.15. The molecule has 0 fully saturated rings. The Bertz CT molecular complexity index is 592. The monoisotopic (exact) mass is 309 g/mol.